The zero-order valence-electron chi connectivity index (χ0n) is 28.9. The molecule has 0 unspecified atom stereocenters. The first kappa shape index (κ1) is 29.8. The van der Waals surface area contributed by atoms with Gasteiger partial charge in [-0.15, -0.1) is 0 Å². The van der Waals surface area contributed by atoms with Crippen LogP contribution in [0.1, 0.15) is 22.3 Å². The Morgan fingerprint density at radius 1 is 0.377 bits per heavy atom. The number of fused-ring (bicyclic) bond motifs is 6. The van der Waals surface area contributed by atoms with Gasteiger partial charge in [0.25, 0.3) is 0 Å². The number of hydrogen-bond donors (Lipinski definition) is 0. The Labute approximate surface area is 308 Å². The summed E-state index contributed by atoms with van der Waals surface area (Å²) >= 11 is 0. The molecule has 0 saturated carbocycles. The summed E-state index contributed by atoms with van der Waals surface area (Å²) in [6.45, 7) is 0. The summed E-state index contributed by atoms with van der Waals surface area (Å²) in [4.78, 5) is 2.43. The van der Waals surface area contributed by atoms with E-state index in [0.717, 1.165) is 44.9 Å². The van der Waals surface area contributed by atoms with Gasteiger partial charge in [0.2, 0.25) is 0 Å². The second kappa shape index (κ2) is 11.6. The average Bonchev–Trinajstić information content (AvgIpc) is 3.53. The lowest BCUT2D eigenvalue weighted by Crippen LogP contribution is -2.28. The molecule has 1 aliphatic heterocycles. The molecule has 0 aromatic heterocycles. The number of ether oxygens (including phenoxy) is 1. The zero-order chi connectivity index (χ0) is 34.9. The molecule has 1 heterocycles. The molecular formula is C51H33NO. The lowest BCUT2D eigenvalue weighted by Gasteiger charge is -2.34. The van der Waals surface area contributed by atoms with Gasteiger partial charge in [-0.2, -0.15) is 0 Å². The minimum Gasteiger partial charge on any atom is -0.456 e. The topological polar surface area (TPSA) is 12.5 Å². The van der Waals surface area contributed by atoms with Crippen LogP contribution in [-0.4, -0.2) is 0 Å². The third-order valence-electron chi connectivity index (χ3n) is 11.3. The van der Waals surface area contributed by atoms with Gasteiger partial charge in [-0.3, -0.25) is 0 Å². The highest BCUT2D eigenvalue weighted by Gasteiger charge is 2.46. The lowest BCUT2D eigenvalue weighted by atomic mass is 9.68. The number of para-hydroxylation sites is 1. The SMILES string of the molecule is c1ccc(C2(c3ccccc3)c3ccccc3-c3cc(N(c4ccc5ccccc5c4)c4ccc5c6c(cccc46)Oc4ccccc4-5)ccc32)cc1. The van der Waals surface area contributed by atoms with E-state index < -0.39 is 5.41 Å². The number of benzene rings is 9. The maximum Gasteiger partial charge on any atom is 0.135 e. The van der Waals surface area contributed by atoms with Gasteiger partial charge in [0.05, 0.1) is 11.1 Å². The zero-order valence-corrected chi connectivity index (χ0v) is 28.9. The number of hydrogen-bond acceptors (Lipinski definition) is 2. The van der Waals surface area contributed by atoms with E-state index in [-0.39, 0.29) is 0 Å². The van der Waals surface area contributed by atoms with Crippen LogP contribution in [0.5, 0.6) is 11.5 Å². The summed E-state index contributed by atoms with van der Waals surface area (Å²) in [6.07, 6.45) is 0. The Kier molecular flexibility index (Phi) is 6.50. The number of nitrogens with zero attached hydrogens (tertiary/aromatic N) is 1. The highest BCUT2D eigenvalue weighted by molar-refractivity contribution is 6.11. The molecule has 0 saturated heterocycles. The monoisotopic (exact) mass is 675 g/mol. The van der Waals surface area contributed by atoms with E-state index >= 15 is 0 Å². The van der Waals surface area contributed by atoms with Crippen LogP contribution in [0.25, 0.3) is 43.8 Å². The Hall–Kier alpha value is -6.90. The third-order valence-corrected chi connectivity index (χ3v) is 11.3. The van der Waals surface area contributed by atoms with Crippen molar-refractivity contribution in [3.63, 3.8) is 0 Å². The molecule has 2 nitrogen and oxygen atoms in total. The molecule has 2 heteroatoms. The van der Waals surface area contributed by atoms with Crippen molar-refractivity contribution >= 4 is 38.6 Å². The molecule has 0 spiro atoms. The fourth-order valence-electron chi connectivity index (χ4n) is 9.08. The maximum absolute atomic E-state index is 6.54. The lowest BCUT2D eigenvalue weighted by molar-refractivity contribution is 0.487. The van der Waals surface area contributed by atoms with E-state index in [4.69, 9.17) is 4.74 Å². The van der Waals surface area contributed by atoms with E-state index in [1.54, 1.807) is 0 Å². The molecule has 0 fully saturated rings. The first-order chi connectivity index (χ1) is 26.3. The van der Waals surface area contributed by atoms with Crippen molar-refractivity contribution in [3.05, 3.63) is 222 Å². The van der Waals surface area contributed by atoms with Gasteiger partial charge < -0.3 is 9.64 Å². The van der Waals surface area contributed by atoms with Gasteiger partial charge in [-0.05, 0) is 92.2 Å². The standard InChI is InChI=1S/C51H33NO/c1-3-16-36(17-4-1)51(37-18-5-2-6-19-37)45-23-11-9-20-40(45)44-33-39(28-30-46(44)51)52(38-27-26-34-14-7-8-15-35(34)32-38)47-31-29-42-41-21-10-12-24-48(41)53-49-25-13-22-43(47)50(42)49/h1-33H. The van der Waals surface area contributed by atoms with Gasteiger partial charge >= 0.3 is 0 Å². The molecule has 53 heavy (non-hydrogen) atoms. The summed E-state index contributed by atoms with van der Waals surface area (Å²) in [7, 11) is 0. The molecule has 248 valence electrons. The first-order valence-electron chi connectivity index (χ1n) is 18.3. The minimum atomic E-state index is -0.453. The van der Waals surface area contributed by atoms with Crippen LogP contribution in [0.4, 0.5) is 17.1 Å². The van der Waals surface area contributed by atoms with Crippen LogP contribution < -0.4 is 9.64 Å². The van der Waals surface area contributed by atoms with Crippen molar-refractivity contribution < 1.29 is 4.74 Å². The van der Waals surface area contributed by atoms with Crippen LogP contribution in [0.3, 0.4) is 0 Å². The quantitative estimate of drug-likeness (QED) is 0.180. The fourth-order valence-corrected chi connectivity index (χ4v) is 9.08. The van der Waals surface area contributed by atoms with E-state index in [1.165, 1.54) is 49.7 Å². The third kappa shape index (κ3) is 4.33. The molecule has 1 aliphatic carbocycles. The smallest absolute Gasteiger partial charge is 0.135 e. The molecule has 2 aliphatic rings. The first-order valence-corrected chi connectivity index (χ1v) is 18.3. The van der Waals surface area contributed by atoms with Crippen LogP contribution in [0.2, 0.25) is 0 Å². The van der Waals surface area contributed by atoms with Crippen LogP contribution in [-0.2, 0) is 5.41 Å². The van der Waals surface area contributed by atoms with Gasteiger partial charge in [0.1, 0.15) is 11.5 Å². The molecule has 11 rings (SSSR count). The molecule has 9 aromatic rings. The molecule has 9 aromatic carbocycles. The van der Waals surface area contributed by atoms with Crippen molar-refractivity contribution in [2.24, 2.45) is 0 Å². The second-order valence-corrected chi connectivity index (χ2v) is 14.0. The van der Waals surface area contributed by atoms with Crippen LogP contribution >= 0.6 is 0 Å². The number of rotatable bonds is 5. The Balaban J connectivity index is 1.19. The highest BCUT2D eigenvalue weighted by Crippen LogP contribution is 2.58. The van der Waals surface area contributed by atoms with Gasteiger partial charge in [-0.1, -0.05) is 158 Å². The largest absolute Gasteiger partial charge is 0.456 e. The van der Waals surface area contributed by atoms with Crippen LogP contribution in [0, 0.1) is 0 Å². The van der Waals surface area contributed by atoms with Crippen molar-refractivity contribution in [2.45, 2.75) is 5.41 Å². The maximum atomic E-state index is 6.54. The van der Waals surface area contributed by atoms with E-state index in [2.05, 4.69) is 199 Å². The summed E-state index contributed by atoms with van der Waals surface area (Å²) in [5, 5.41) is 4.70. The molecule has 0 atom stereocenters. The Morgan fingerprint density at radius 2 is 1.00 bits per heavy atom. The molecule has 0 bridgehead atoms. The average molecular weight is 676 g/mol. The molecule has 0 radical (unpaired) electrons. The van der Waals surface area contributed by atoms with Crippen molar-refractivity contribution in [1.29, 1.82) is 0 Å². The summed E-state index contributed by atoms with van der Waals surface area (Å²) in [5.74, 6) is 1.78. The fraction of sp³-hybridized carbons (Fsp3) is 0.0196. The Morgan fingerprint density at radius 3 is 1.81 bits per heavy atom. The van der Waals surface area contributed by atoms with E-state index in [0.29, 0.717) is 0 Å². The summed E-state index contributed by atoms with van der Waals surface area (Å²) in [6, 6.07) is 72.8. The predicted octanol–water partition coefficient (Wildman–Crippen LogP) is 13.6. The number of anilines is 3. The molecule has 0 amide bonds. The minimum absolute atomic E-state index is 0.453. The van der Waals surface area contributed by atoms with E-state index in [1.807, 2.05) is 6.07 Å². The normalized spacial score (nSPS) is 13.2. The van der Waals surface area contributed by atoms with Crippen molar-refractivity contribution in [3.8, 4) is 33.8 Å². The van der Waals surface area contributed by atoms with Gasteiger partial charge in [0, 0.05) is 27.7 Å². The van der Waals surface area contributed by atoms with E-state index in [9.17, 15) is 0 Å². The van der Waals surface area contributed by atoms with Crippen molar-refractivity contribution in [2.75, 3.05) is 4.90 Å². The van der Waals surface area contributed by atoms with Gasteiger partial charge in [0.15, 0.2) is 0 Å². The molecule has 0 N–H and O–H groups in total. The highest BCUT2D eigenvalue weighted by atomic mass is 16.5. The summed E-state index contributed by atoms with van der Waals surface area (Å²) in [5.41, 5.74) is 12.8. The van der Waals surface area contributed by atoms with Crippen molar-refractivity contribution in [1.82, 2.24) is 0 Å². The van der Waals surface area contributed by atoms with Gasteiger partial charge in [-0.25, -0.2) is 0 Å². The molecular weight excluding hydrogens is 643 g/mol. The predicted molar refractivity (Wildman–Crippen MR) is 219 cm³/mol. The van der Waals surface area contributed by atoms with Crippen LogP contribution in [0.15, 0.2) is 200 Å². The second-order valence-electron chi connectivity index (χ2n) is 14.0. The Bertz CT molecular complexity index is 2840. The summed E-state index contributed by atoms with van der Waals surface area (Å²) < 4.78 is 6.54.